The molecule has 0 N–H and O–H groups in total. The summed E-state index contributed by atoms with van der Waals surface area (Å²) in [7, 11) is -1.83. The number of pyridine rings is 1. The van der Waals surface area contributed by atoms with Crippen molar-refractivity contribution in [1.82, 2.24) is 24.8 Å². The van der Waals surface area contributed by atoms with E-state index in [0.29, 0.717) is 17.4 Å². The van der Waals surface area contributed by atoms with Crippen LogP contribution in [0.1, 0.15) is 48.1 Å². The SMILES string of the molecule is COc1ncc(-c2nc(N3CCCCC3)nc3c(CN4CCC(N5CC(F)(F)C5)CC4)c(C)sc23)cc1CS(C)(=O)=O. The summed E-state index contributed by atoms with van der Waals surface area (Å²) in [4.78, 5) is 22.4. The molecule has 3 aromatic rings. The molecule has 228 valence electrons. The van der Waals surface area contributed by atoms with E-state index in [9.17, 15) is 17.2 Å². The summed E-state index contributed by atoms with van der Waals surface area (Å²) in [5, 5.41) is 0. The van der Waals surface area contributed by atoms with Crippen molar-refractivity contribution in [2.75, 3.05) is 57.5 Å². The van der Waals surface area contributed by atoms with Crippen LogP contribution in [-0.2, 0) is 22.1 Å². The number of ether oxygens (including phenoxy) is 1. The van der Waals surface area contributed by atoms with Crippen LogP contribution in [0.4, 0.5) is 14.7 Å². The lowest BCUT2D eigenvalue weighted by molar-refractivity contribution is -0.151. The number of anilines is 1. The normalized spacial score (nSPS) is 20.6. The van der Waals surface area contributed by atoms with E-state index in [-0.39, 0.29) is 24.9 Å². The minimum Gasteiger partial charge on any atom is -0.481 e. The van der Waals surface area contributed by atoms with E-state index in [0.717, 1.165) is 79.9 Å². The molecular formula is C29H38F2N6O3S2. The van der Waals surface area contributed by atoms with Gasteiger partial charge in [0.25, 0.3) is 5.92 Å². The van der Waals surface area contributed by atoms with Gasteiger partial charge in [0.05, 0.1) is 41.9 Å². The number of sulfone groups is 1. The second kappa shape index (κ2) is 11.5. The Hall–Kier alpha value is -2.48. The monoisotopic (exact) mass is 620 g/mol. The van der Waals surface area contributed by atoms with Crippen LogP contribution in [0.5, 0.6) is 5.88 Å². The van der Waals surface area contributed by atoms with E-state index < -0.39 is 15.8 Å². The van der Waals surface area contributed by atoms with E-state index in [2.05, 4.69) is 21.7 Å². The molecule has 0 atom stereocenters. The highest BCUT2D eigenvalue weighted by molar-refractivity contribution is 7.89. The lowest BCUT2D eigenvalue weighted by Gasteiger charge is -2.46. The summed E-state index contributed by atoms with van der Waals surface area (Å²) >= 11 is 1.65. The fourth-order valence-electron chi connectivity index (χ4n) is 6.41. The molecule has 3 fully saturated rings. The first-order valence-electron chi connectivity index (χ1n) is 14.6. The van der Waals surface area contributed by atoms with Crippen molar-refractivity contribution in [2.24, 2.45) is 0 Å². The average molecular weight is 621 g/mol. The molecule has 3 aliphatic heterocycles. The number of rotatable bonds is 8. The van der Waals surface area contributed by atoms with Crippen molar-refractivity contribution in [2.45, 2.75) is 63.3 Å². The molecule has 42 heavy (non-hydrogen) atoms. The van der Waals surface area contributed by atoms with Gasteiger partial charge >= 0.3 is 0 Å². The fourth-order valence-corrected chi connectivity index (χ4v) is 8.30. The maximum atomic E-state index is 13.4. The third kappa shape index (κ3) is 6.24. The molecule has 0 aromatic carbocycles. The molecule has 6 rings (SSSR count). The zero-order chi connectivity index (χ0) is 29.6. The highest BCUT2D eigenvalue weighted by Gasteiger charge is 2.46. The van der Waals surface area contributed by atoms with E-state index >= 15 is 0 Å². The molecule has 3 saturated heterocycles. The summed E-state index contributed by atoms with van der Waals surface area (Å²) < 4.78 is 57.5. The van der Waals surface area contributed by atoms with Gasteiger partial charge in [0.1, 0.15) is 0 Å². The Labute approximate surface area is 249 Å². The molecule has 6 heterocycles. The number of alkyl halides is 2. The van der Waals surface area contributed by atoms with E-state index in [1.54, 1.807) is 17.5 Å². The first kappa shape index (κ1) is 29.6. The Bertz CT molecular complexity index is 1560. The highest BCUT2D eigenvalue weighted by Crippen LogP contribution is 2.40. The van der Waals surface area contributed by atoms with E-state index in [1.807, 2.05) is 11.0 Å². The predicted octanol–water partition coefficient (Wildman–Crippen LogP) is 4.52. The topological polar surface area (TPSA) is 91.8 Å². The van der Waals surface area contributed by atoms with E-state index in [1.165, 1.54) is 30.2 Å². The van der Waals surface area contributed by atoms with Crippen LogP contribution in [0.3, 0.4) is 0 Å². The molecule has 9 nitrogen and oxygen atoms in total. The molecule has 0 radical (unpaired) electrons. The largest absolute Gasteiger partial charge is 0.481 e. The molecule has 13 heteroatoms. The van der Waals surface area contributed by atoms with Crippen LogP contribution in [0, 0.1) is 6.92 Å². The van der Waals surface area contributed by atoms with Crippen molar-refractivity contribution in [3.8, 4) is 17.1 Å². The van der Waals surface area contributed by atoms with E-state index in [4.69, 9.17) is 14.7 Å². The van der Waals surface area contributed by atoms with Crippen molar-refractivity contribution < 1.29 is 21.9 Å². The van der Waals surface area contributed by atoms with Crippen molar-refractivity contribution in [3.63, 3.8) is 0 Å². The molecule has 0 spiro atoms. The Morgan fingerprint density at radius 1 is 1.10 bits per heavy atom. The molecule has 0 aliphatic carbocycles. The minimum absolute atomic E-state index is 0.114. The summed E-state index contributed by atoms with van der Waals surface area (Å²) in [6, 6.07) is 2.05. The quantitative estimate of drug-likeness (QED) is 0.361. The number of hydrogen-bond acceptors (Lipinski definition) is 10. The van der Waals surface area contributed by atoms with Gasteiger partial charge in [-0.25, -0.2) is 32.2 Å². The van der Waals surface area contributed by atoms with Gasteiger partial charge in [-0.1, -0.05) is 0 Å². The van der Waals surface area contributed by atoms with Crippen LogP contribution >= 0.6 is 11.3 Å². The number of aryl methyl sites for hydroxylation is 1. The zero-order valence-electron chi connectivity index (χ0n) is 24.4. The Kier molecular flexibility index (Phi) is 8.14. The molecule has 0 unspecified atom stereocenters. The third-order valence-corrected chi connectivity index (χ3v) is 10.6. The second-order valence-electron chi connectivity index (χ2n) is 12.0. The Balaban J connectivity index is 1.34. The molecule has 3 aliphatic rings. The number of fused-ring (bicyclic) bond motifs is 1. The number of likely N-dealkylation sites (tertiary alicyclic amines) is 2. The lowest BCUT2D eigenvalue weighted by Crippen LogP contribution is -2.61. The van der Waals surface area contributed by atoms with Crippen LogP contribution in [0.2, 0.25) is 0 Å². The Morgan fingerprint density at radius 2 is 1.81 bits per heavy atom. The molecular weight excluding hydrogens is 582 g/mol. The minimum atomic E-state index is -3.31. The van der Waals surface area contributed by atoms with Gasteiger partial charge in [-0.3, -0.25) is 9.80 Å². The van der Waals surface area contributed by atoms with Crippen LogP contribution in [0.25, 0.3) is 21.5 Å². The number of halogens is 2. The molecule has 0 bridgehead atoms. The third-order valence-electron chi connectivity index (χ3n) is 8.59. The van der Waals surface area contributed by atoms with Gasteiger partial charge in [0.2, 0.25) is 11.8 Å². The standard InChI is InChI=1S/C29H38F2N6O3S2/c1-19-23(15-35-11-7-22(8-12-35)37-17-29(30,31)18-37)25-26(41-19)24(33-28(34-25)36-9-5-4-6-10-36)20-13-21(16-42(3,38)39)27(40-2)32-14-20/h13-14,22H,4-12,15-18H2,1-3H3. The highest BCUT2D eigenvalue weighted by atomic mass is 32.2. The average Bonchev–Trinajstić information content (AvgIpc) is 3.25. The van der Waals surface area contributed by atoms with Gasteiger partial charge in [-0.15, -0.1) is 11.3 Å². The predicted molar refractivity (Wildman–Crippen MR) is 161 cm³/mol. The zero-order valence-corrected chi connectivity index (χ0v) is 26.0. The maximum Gasteiger partial charge on any atom is 0.272 e. The summed E-state index contributed by atoms with van der Waals surface area (Å²) in [6.07, 6.45) is 8.04. The van der Waals surface area contributed by atoms with Gasteiger partial charge in [-0.2, -0.15) is 0 Å². The summed E-state index contributed by atoms with van der Waals surface area (Å²) in [5.41, 5.74) is 4.08. The number of nitrogens with zero attached hydrogens (tertiary/aromatic N) is 6. The molecule has 0 amide bonds. The first-order chi connectivity index (χ1) is 20.0. The summed E-state index contributed by atoms with van der Waals surface area (Å²) in [5.74, 6) is -1.73. The summed E-state index contributed by atoms with van der Waals surface area (Å²) in [6.45, 7) is 6.13. The van der Waals surface area contributed by atoms with Gasteiger partial charge < -0.3 is 9.64 Å². The van der Waals surface area contributed by atoms with Crippen molar-refractivity contribution in [1.29, 1.82) is 0 Å². The lowest BCUT2D eigenvalue weighted by atomic mass is 9.97. The second-order valence-corrected chi connectivity index (χ2v) is 15.3. The fraction of sp³-hybridized carbons (Fsp3) is 0.621. The van der Waals surface area contributed by atoms with Crippen LogP contribution < -0.4 is 9.64 Å². The number of piperidine rings is 2. The van der Waals surface area contributed by atoms with Gasteiger partial charge in [0.15, 0.2) is 9.84 Å². The first-order valence-corrected chi connectivity index (χ1v) is 17.5. The van der Waals surface area contributed by atoms with Crippen molar-refractivity contribution in [3.05, 3.63) is 28.3 Å². The Morgan fingerprint density at radius 3 is 2.45 bits per heavy atom. The van der Waals surface area contributed by atoms with Gasteiger partial charge in [-0.05, 0) is 58.2 Å². The number of hydrogen-bond donors (Lipinski definition) is 0. The maximum absolute atomic E-state index is 13.4. The smallest absolute Gasteiger partial charge is 0.272 e. The number of thiophene rings is 1. The van der Waals surface area contributed by atoms with Crippen molar-refractivity contribution >= 4 is 37.3 Å². The van der Waals surface area contributed by atoms with Gasteiger partial charge in [0, 0.05) is 59.7 Å². The van der Waals surface area contributed by atoms with Crippen LogP contribution in [0.15, 0.2) is 12.3 Å². The number of methoxy groups -OCH3 is 1. The number of aromatic nitrogens is 3. The molecule has 0 saturated carbocycles. The molecule has 3 aromatic heterocycles. The van der Waals surface area contributed by atoms with Crippen LogP contribution in [-0.4, -0.2) is 97.8 Å².